The summed E-state index contributed by atoms with van der Waals surface area (Å²) in [6.45, 7) is 4.33. The van der Waals surface area contributed by atoms with Crippen LogP contribution in [0.3, 0.4) is 0 Å². The van der Waals surface area contributed by atoms with Gasteiger partial charge < -0.3 is 5.73 Å². The first-order valence-corrected chi connectivity index (χ1v) is 4.98. The molecule has 0 amide bonds. The lowest BCUT2D eigenvalue weighted by Crippen LogP contribution is -1.96. The molecule has 14 heavy (non-hydrogen) atoms. The van der Waals surface area contributed by atoms with Crippen molar-refractivity contribution in [1.82, 2.24) is 0 Å². The Kier molecular flexibility index (Phi) is 3.53. The van der Waals surface area contributed by atoms with Crippen LogP contribution in [-0.2, 0) is 0 Å². The molecule has 0 heterocycles. The number of nitrogens with two attached hydrogens (primary N) is 1. The third-order valence-corrected chi connectivity index (χ3v) is 2.40. The van der Waals surface area contributed by atoms with E-state index in [9.17, 15) is 0 Å². The van der Waals surface area contributed by atoms with Gasteiger partial charge in [-0.3, -0.25) is 0 Å². The highest BCUT2D eigenvalue weighted by Crippen LogP contribution is 2.23. The highest BCUT2D eigenvalue weighted by atomic mass is 14.5. The zero-order chi connectivity index (χ0) is 10.6. The van der Waals surface area contributed by atoms with E-state index in [0.717, 1.165) is 12.8 Å². The highest BCUT2D eigenvalue weighted by molar-refractivity contribution is 5.49. The van der Waals surface area contributed by atoms with Crippen LogP contribution in [0.4, 0.5) is 5.69 Å². The van der Waals surface area contributed by atoms with Crippen LogP contribution in [0, 0.1) is 11.3 Å². The maximum Gasteiger partial charge on any atom is 0.0992 e. The van der Waals surface area contributed by atoms with Crippen LogP contribution in [0.1, 0.15) is 43.7 Å². The maximum atomic E-state index is 8.79. The van der Waals surface area contributed by atoms with Gasteiger partial charge in [0.15, 0.2) is 0 Å². The molecule has 1 aromatic rings. The van der Waals surface area contributed by atoms with Gasteiger partial charge in [0.2, 0.25) is 0 Å². The van der Waals surface area contributed by atoms with Gasteiger partial charge in [-0.25, -0.2) is 0 Å². The topological polar surface area (TPSA) is 49.8 Å². The molecule has 1 atom stereocenters. The summed E-state index contributed by atoms with van der Waals surface area (Å²) in [6.07, 6.45) is 2.28. The van der Waals surface area contributed by atoms with Crippen molar-refractivity contribution < 1.29 is 0 Å². The largest absolute Gasteiger partial charge is 0.399 e. The van der Waals surface area contributed by atoms with E-state index in [1.807, 2.05) is 12.1 Å². The molecule has 0 fully saturated rings. The lowest BCUT2D eigenvalue weighted by atomic mass is 9.95. The molecular weight excluding hydrogens is 172 g/mol. The Balaban J connectivity index is 2.98. The molecule has 2 heteroatoms. The van der Waals surface area contributed by atoms with Crippen LogP contribution in [0.15, 0.2) is 18.2 Å². The number of nitriles is 1. The first kappa shape index (κ1) is 10.6. The van der Waals surface area contributed by atoms with Crippen molar-refractivity contribution in [2.45, 2.75) is 32.6 Å². The molecule has 2 N–H and O–H groups in total. The van der Waals surface area contributed by atoms with E-state index in [-0.39, 0.29) is 0 Å². The first-order valence-electron chi connectivity index (χ1n) is 4.98. The van der Waals surface area contributed by atoms with E-state index in [0.29, 0.717) is 17.2 Å². The van der Waals surface area contributed by atoms with Gasteiger partial charge in [-0.15, -0.1) is 0 Å². The molecule has 0 aromatic heterocycles. The van der Waals surface area contributed by atoms with Crippen molar-refractivity contribution in [3.05, 3.63) is 29.3 Å². The van der Waals surface area contributed by atoms with Crippen molar-refractivity contribution >= 4 is 5.69 Å². The van der Waals surface area contributed by atoms with E-state index in [1.54, 1.807) is 6.07 Å². The Hall–Kier alpha value is -1.49. The molecule has 0 saturated heterocycles. The predicted octanol–water partition coefficient (Wildman–Crippen LogP) is 3.04. The fourth-order valence-corrected chi connectivity index (χ4v) is 1.63. The van der Waals surface area contributed by atoms with Crippen molar-refractivity contribution in [3.63, 3.8) is 0 Å². The first-order chi connectivity index (χ1) is 6.67. The molecule has 0 aliphatic carbocycles. The highest BCUT2D eigenvalue weighted by Gasteiger charge is 2.06. The number of hydrogen-bond acceptors (Lipinski definition) is 2. The van der Waals surface area contributed by atoms with Crippen molar-refractivity contribution in [1.29, 1.82) is 5.26 Å². The monoisotopic (exact) mass is 188 g/mol. The summed E-state index contributed by atoms with van der Waals surface area (Å²) in [5, 5.41) is 8.79. The van der Waals surface area contributed by atoms with Crippen LogP contribution in [0.2, 0.25) is 0 Å². The van der Waals surface area contributed by atoms with Gasteiger partial charge in [0.1, 0.15) is 0 Å². The number of hydrogen-bond donors (Lipinski definition) is 1. The molecule has 2 nitrogen and oxygen atoms in total. The zero-order valence-corrected chi connectivity index (χ0v) is 8.75. The standard InChI is InChI=1S/C12H16N2/c1-3-4-9(2)11-5-10(8-13)6-12(14)7-11/h5-7,9H,3-4,14H2,1-2H3. The van der Waals surface area contributed by atoms with Gasteiger partial charge >= 0.3 is 0 Å². The van der Waals surface area contributed by atoms with E-state index in [4.69, 9.17) is 11.0 Å². The smallest absolute Gasteiger partial charge is 0.0992 e. The summed E-state index contributed by atoms with van der Waals surface area (Å²) in [5.41, 5.74) is 8.23. The Morgan fingerprint density at radius 2 is 2.14 bits per heavy atom. The minimum Gasteiger partial charge on any atom is -0.399 e. The van der Waals surface area contributed by atoms with Crippen molar-refractivity contribution in [3.8, 4) is 6.07 Å². The molecule has 1 aromatic carbocycles. The lowest BCUT2D eigenvalue weighted by molar-refractivity contribution is 0.665. The predicted molar refractivity (Wildman–Crippen MR) is 58.9 cm³/mol. The minimum absolute atomic E-state index is 0.482. The molecule has 0 aliphatic rings. The molecule has 74 valence electrons. The summed E-state index contributed by atoms with van der Waals surface area (Å²) in [7, 11) is 0. The second-order valence-corrected chi connectivity index (χ2v) is 3.69. The van der Waals surface area contributed by atoms with Crippen LogP contribution >= 0.6 is 0 Å². The van der Waals surface area contributed by atoms with E-state index in [1.165, 1.54) is 5.56 Å². The number of nitrogens with zero attached hydrogens (tertiary/aromatic N) is 1. The average molecular weight is 188 g/mol. The van der Waals surface area contributed by atoms with E-state index < -0.39 is 0 Å². The minimum atomic E-state index is 0.482. The fourth-order valence-electron chi connectivity index (χ4n) is 1.63. The summed E-state index contributed by atoms with van der Waals surface area (Å²) < 4.78 is 0. The summed E-state index contributed by atoms with van der Waals surface area (Å²) in [4.78, 5) is 0. The Bertz CT molecular complexity index is 350. The Morgan fingerprint density at radius 3 is 2.71 bits per heavy atom. The Morgan fingerprint density at radius 1 is 1.43 bits per heavy atom. The molecular formula is C12H16N2. The second-order valence-electron chi connectivity index (χ2n) is 3.69. The molecule has 0 spiro atoms. The van der Waals surface area contributed by atoms with E-state index in [2.05, 4.69) is 19.9 Å². The third kappa shape index (κ3) is 2.50. The van der Waals surface area contributed by atoms with Gasteiger partial charge in [-0.05, 0) is 36.1 Å². The quantitative estimate of drug-likeness (QED) is 0.741. The molecule has 1 rings (SSSR count). The van der Waals surface area contributed by atoms with Crippen LogP contribution < -0.4 is 5.73 Å². The van der Waals surface area contributed by atoms with Gasteiger partial charge in [-0.1, -0.05) is 20.3 Å². The van der Waals surface area contributed by atoms with Gasteiger partial charge in [0.25, 0.3) is 0 Å². The summed E-state index contributed by atoms with van der Waals surface area (Å²) in [5.74, 6) is 0.482. The van der Waals surface area contributed by atoms with Crippen LogP contribution in [0.5, 0.6) is 0 Å². The molecule has 0 bridgehead atoms. The number of anilines is 1. The molecule has 0 aliphatic heterocycles. The summed E-state index contributed by atoms with van der Waals surface area (Å²) >= 11 is 0. The van der Waals surface area contributed by atoms with Crippen molar-refractivity contribution in [2.75, 3.05) is 5.73 Å². The average Bonchev–Trinajstić information content (AvgIpc) is 2.17. The van der Waals surface area contributed by atoms with Crippen LogP contribution in [0.25, 0.3) is 0 Å². The molecule has 0 radical (unpaired) electrons. The number of nitrogen functional groups attached to an aromatic ring is 1. The molecule has 1 unspecified atom stereocenters. The van der Waals surface area contributed by atoms with Gasteiger partial charge in [-0.2, -0.15) is 5.26 Å². The van der Waals surface area contributed by atoms with Crippen molar-refractivity contribution in [2.24, 2.45) is 0 Å². The van der Waals surface area contributed by atoms with Gasteiger partial charge in [0.05, 0.1) is 11.6 Å². The SMILES string of the molecule is CCCC(C)c1cc(N)cc(C#N)c1. The zero-order valence-electron chi connectivity index (χ0n) is 8.75. The maximum absolute atomic E-state index is 8.79. The summed E-state index contributed by atoms with van der Waals surface area (Å²) in [6, 6.07) is 7.72. The third-order valence-electron chi connectivity index (χ3n) is 2.40. The normalized spacial score (nSPS) is 12.1. The lowest BCUT2D eigenvalue weighted by Gasteiger charge is -2.11. The fraction of sp³-hybridized carbons (Fsp3) is 0.417. The number of rotatable bonds is 3. The van der Waals surface area contributed by atoms with Gasteiger partial charge in [0, 0.05) is 5.69 Å². The second kappa shape index (κ2) is 4.66. The van der Waals surface area contributed by atoms with E-state index >= 15 is 0 Å². The number of benzene rings is 1. The molecule has 0 saturated carbocycles. The van der Waals surface area contributed by atoms with Crippen LogP contribution in [-0.4, -0.2) is 0 Å². The Labute approximate surface area is 85.4 Å².